The highest BCUT2D eigenvalue weighted by Gasteiger charge is 2.28. The molecule has 0 aliphatic heterocycles. The summed E-state index contributed by atoms with van der Waals surface area (Å²) in [6, 6.07) is 1.42. The molecule has 2 aromatic heterocycles. The van der Waals surface area contributed by atoms with Crippen LogP contribution in [0.15, 0.2) is 29.1 Å². The summed E-state index contributed by atoms with van der Waals surface area (Å²) in [7, 11) is 0. The quantitative estimate of drug-likeness (QED) is 0.923. The Morgan fingerprint density at radius 1 is 1.50 bits per heavy atom. The average Bonchev–Trinajstić information content (AvgIpc) is 2.71. The molecular weight excluding hydrogens is 315 g/mol. The molecule has 2 heterocycles. The Balaban J connectivity index is 2.30. The lowest BCUT2D eigenvalue weighted by atomic mass is 10.2. The summed E-state index contributed by atoms with van der Waals surface area (Å²) in [6.45, 7) is -1.37. The van der Waals surface area contributed by atoms with Crippen LogP contribution in [0.3, 0.4) is 0 Å². The molecule has 0 atom stereocenters. The summed E-state index contributed by atoms with van der Waals surface area (Å²) < 4.78 is 38.2. The number of nitrogens with zero attached hydrogens (tertiary/aromatic N) is 2. The zero-order valence-corrected chi connectivity index (χ0v) is 10.4. The van der Waals surface area contributed by atoms with Crippen LogP contribution in [0.1, 0.15) is 10.4 Å². The van der Waals surface area contributed by atoms with E-state index in [9.17, 15) is 18.0 Å². The van der Waals surface area contributed by atoms with Gasteiger partial charge in [-0.05, 0) is 22.0 Å². The van der Waals surface area contributed by atoms with Crippen LogP contribution in [-0.4, -0.2) is 28.0 Å². The number of aromatic nitrogens is 2. The van der Waals surface area contributed by atoms with Gasteiger partial charge < -0.3 is 9.72 Å². The molecule has 0 aliphatic carbocycles. The van der Waals surface area contributed by atoms with E-state index in [-0.39, 0.29) is 5.56 Å². The molecule has 1 N–H and O–H groups in total. The molecule has 0 bridgehead atoms. The van der Waals surface area contributed by atoms with Crippen molar-refractivity contribution in [2.75, 3.05) is 6.54 Å². The number of pyridine rings is 1. The van der Waals surface area contributed by atoms with Crippen molar-refractivity contribution < 1.29 is 18.0 Å². The van der Waals surface area contributed by atoms with Gasteiger partial charge in [-0.3, -0.25) is 4.79 Å². The topological polar surface area (TPSA) is 46.4 Å². The van der Waals surface area contributed by atoms with E-state index >= 15 is 0 Å². The predicted octanol–water partition coefficient (Wildman–Crippen LogP) is 2.39. The molecule has 8 heteroatoms. The van der Waals surface area contributed by atoms with Gasteiger partial charge in [0.15, 0.2) is 0 Å². The fraction of sp³-hybridized carbons (Fsp3) is 0.200. The lowest BCUT2D eigenvalue weighted by molar-refractivity contribution is -0.123. The van der Waals surface area contributed by atoms with Crippen molar-refractivity contribution in [2.24, 2.45) is 0 Å². The monoisotopic (exact) mass is 321 g/mol. The third-order valence-electron chi connectivity index (χ3n) is 2.15. The fourth-order valence-corrected chi connectivity index (χ4v) is 1.89. The van der Waals surface area contributed by atoms with Crippen LogP contribution in [-0.2, 0) is 0 Å². The Labute approximate surface area is 108 Å². The Morgan fingerprint density at radius 2 is 2.22 bits per heavy atom. The van der Waals surface area contributed by atoms with Crippen LogP contribution < -0.4 is 5.32 Å². The van der Waals surface area contributed by atoms with Gasteiger partial charge in [0.05, 0.1) is 5.56 Å². The predicted molar refractivity (Wildman–Crippen MR) is 61.3 cm³/mol. The highest BCUT2D eigenvalue weighted by Crippen LogP contribution is 2.18. The summed E-state index contributed by atoms with van der Waals surface area (Å²) in [5.74, 6) is -0.815. The molecule has 0 saturated carbocycles. The van der Waals surface area contributed by atoms with Gasteiger partial charge in [-0.25, -0.2) is 4.98 Å². The first-order chi connectivity index (χ1) is 8.37. The molecule has 2 aromatic rings. The number of halogens is 4. The van der Waals surface area contributed by atoms with Crippen LogP contribution in [0, 0.1) is 0 Å². The van der Waals surface area contributed by atoms with Crippen molar-refractivity contribution in [3.05, 3.63) is 34.7 Å². The minimum atomic E-state index is -4.44. The standard InChI is InChI=1S/C10H7BrF3N3O/c11-6-3-7(8-15-1-2-17(8)4-6)9(18)16-5-10(12,13)14/h1-4H,5H2,(H,16,18). The molecule has 18 heavy (non-hydrogen) atoms. The van der Waals surface area contributed by atoms with E-state index in [0.29, 0.717) is 10.1 Å². The molecule has 0 aromatic carbocycles. The van der Waals surface area contributed by atoms with Gasteiger partial charge >= 0.3 is 6.18 Å². The van der Waals surface area contributed by atoms with Gasteiger partial charge in [0.25, 0.3) is 5.91 Å². The highest BCUT2D eigenvalue weighted by molar-refractivity contribution is 9.10. The SMILES string of the molecule is O=C(NCC(F)(F)F)c1cc(Br)cn2ccnc12. The zero-order valence-electron chi connectivity index (χ0n) is 8.83. The van der Waals surface area contributed by atoms with E-state index < -0.39 is 18.6 Å². The minimum absolute atomic E-state index is 0.0821. The molecule has 4 nitrogen and oxygen atoms in total. The fourth-order valence-electron chi connectivity index (χ4n) is 1.44. The Hall–Kier alpha value is -1.57. The van der Waals surface area contributed by atoms with E-state index in [2.05, 4.69) is 20.9 Å². The van der Waals surface area contributed by atoms with Crippen molar-refractivity contribution >= 4 is 27.5 Å². The maximum atomic E-state index is 12.0. The van der Waals surface area contributed by atoms with Gasteiger partial charge in [0.1, 0.15) is 12.2 Å². The van der Waals surface area contributed by atoms with Gasteiger partial charge in [-0.1, -0.05) is 0 Å². The normalized spacial score (nSPS) is 11.8. The van der Waals surface area contributed by atoms with Crippen LogP contribution >= 0.6 is 15.9 Å². The van der Waals surface area contributed by atoms with Gasteiger partial charge in [-0.2, -0.15) is 13.2 Å². The van der Waals surface area contributed by atoms with Crippen LogP contribution in [0.25, 0.3) is 5.65 Å². The molecule has 0 radical (unpaired) electrons. The number of amides is 1. The van der Waals surface area contributed by atoms with Gasteiger partial charge in [0, 0.05) is 23.1 Å². The van der Waals surface area contributed by atoms with E-state index in [4.69, 9.17) is 0 Å². The summed E-state index contributed by atoms with van der Waals surface area (Å²) in [5.41, 5.74) is 0.386. The van der Waals surface area contributed by atoms with Crippen molar-refractivity contribution in [1.29, 1.82) is 0 Å². The molecule has 0 spiro atoms. The maximum Gasteiger partial charge on any atom is 0.405 e. The van der Waals surface area contributed by atoms with Crippen molar-refractivity contribution in [3.8, 4) is 0 Å². The third kappa shape index (κ3) is 2.81. The minimum Gasteiger partial charge on any atom is -0.343 e. The number of imidazole rings is 1. The molecule has 0 saturated heterocycles. The molecular formula is C10H7BrF3N3O. The largest absolute Gasteiger partial charge is 0.405 e. The Morgan fingerprint density at radius 3 is 2.89 bits per heavy atom. The first-order valence-corrected chi connectivity index (χ1v) is 5.63. The second-order valence-corrected chi connectivity index (χ2v) is 4.44. The van der Waals surface area contributed by atoms with Crippen molar-refractivity contribution in [3.63, 3.8) is 0 Å². The number of carbonyl (C=O) groups is 1. The summed E-state index contributed by atoms with van der Waals surface area (Å²) in [6.07, 6.45) is 0.277. The first kappa shape index (κ1) is 12.9. The second kappa shape index (κ2) is 4.60. The highest BCUT2D eigenvalue weighted by atomic mass is 79.9. The molecule has 0 unspecified atom stereocenters. The number of nitrogens with one attached hydrogen (secondary N) is 1. The second-order valence-electron chi connectivity index (χ2n) is 3.53. The van der Waals surface area contributed by atoms with Gasteiger partial charge in [-0.15, -0.1) is 0 Å². The molecule has 0 aliphatic rings. The van der Waals surface area contributed by atoms with E-state index in [1.54, 1.807) is 16.8 Å². The summed E-state index contributed by atoms with van der Waals surface area (Å²) in [4.78, 5) is 15.6. The van der Waals surface area contributed by atoms with E-state index in [1.165, 1.54) is 12.3 Å². The number of alkyl halides is 3. The summed E-state index contributed by atoms with van der Waals surface area (Å²) in [5, 5.41) is 1.81. The Kier molecular flexibility index (Phi) is 3.29. The number of carbonyl (C=O) groups excluding carboxylic acids is 1. The lowest BCUT2D eigenvalue weighted by Gasteiger charge is -2.09. The molecule has 96 valence electrons. The average molecular weight is 322 g/mol. The number of hydrogen-bond acceptors (Lipinski definition) is 2. The maximum absolute atomic E-state index is 12.0. The van der Waals surface area contributed by atoms with Crippen molar-refractivity contribution in [1.82, 2.24) is 14.7 Å². The van der Waals surface area contributed by atoms with Gasteiger partial charge in [0.2, 0.25) is 0 Å². The smallest absolute Gasteiger partial charge is 0.343 e. The van der Waals surface area contributed by atoms with Crippen LogP contribution in [0.4, 0.5) is 13.2 Å². The first-order valence-electron chi connectivity index (χ1n) is 4.84. The molecule has 2 rings (SSSR count). The summed E-state index contributed by atoms with van der Waals surface area (Å²) >= 11 is 3.18. The van der Waals surface area contributed by atoms with Crippen LogP contribution in [0.2, 0.25) is 0 Å². The van der Waals surface area contributed by atoms with Crippen molar-refractivity contribution in [2.45, 2.75) is 6.18 Å². The molecule has 1 amide bonds. The molecule has 0 fully saturated rings. The number of rotatable bonds is 2. The van der Waals surface area contributed by atoms with E-state index in [1.807, 2.05) is 5.32 Å². The number of fused-ring (bicyclic) bond motifs is 1. The third-order valence-corrected chi connectivity index (χ3v) is 2.58. The van der Waals surface area contributed by atoms with E-state index in [0.717, 1.165) is 0 Å². The number of hydrogen-bond donors (Lipinski definition) is 1. The lowest BCUT2D eigenvalue weighted by Crippen LogP contribution is -2.34. The van der Waals surface area contributed by atoms with Crippen LogP contribution in [0.5, 0.6) is 0 Å². The zero-order chi connectivity index (χ0) is 13.3. The Bertz CT molecular complexity index is 594.